The van der Waals surface area contributed by atoms with Crippen molar-refractivity contribution >= 4 is 5.96 Å². The summed E-state index contributed by atoms with van der Waals surface area (Å²) in [5, 5.41) is 3.38. The van der Waals surface area contributed by atoms with Crippen LogP contribution in [0.3, 0.4) is 0 Å². The van der Waals surface area contributed by atoms with Crippen molar-refractivity contribution in [1.82, 2.24) is 15.2 Å². The van der Waals surface area contributed by atoms with Crippen molar-refractivity contribution in [2.45, 2.75) is 19.8 Å². The Morgan fingerprint density at radius 2 is 2.35 bits per heavy atom. The first kappa shape index (κ1) is 11.9. The maximum Gasteiger partial charge on any atom is 0.193 e. The van der Waals surface area contributed by atoms with Gasteiger partial charge in [-0.3, -0.25) is 9.98 Å². The maximum absolute atomic E-state index is 4.48. The van der Waals surface area contributed by atoms with E-state index in [0.29, 0.717) is 0 Å². The Labute approximate surface area is 103 Å². The minimum absolute atomic E-state index is 0.890. The highest BCUT2D eigenvalue weighted by molar-refractivity contribution is 5.80. The van der Waals surface area contributed by atoms with Crippen molar-refractivity contribution in [2.75, 3.05) is 26.7 Å². The lowest BCUT2D eigenvalue weighted by atomic mass is 10.2. The molecule has 0 radical (unpaired) electrons. The number of pyridine rings is 1. The lowest BCUT2D eigenvalue weighted by molar-refractivity contribution is 0.446. The monoisotopic (exact) mass is 232 g/mol. The third-order valence-electron chi connectivity index (χ3n) is 3.04. The van der Waals surface area contributed by atoms with Gasteiger partial charge in [0.1, 0.15) is 0 Å². The van der Waals surface area contributed by atoms with Crippen LogP contribution < -0.4 is 5.32 Å². The van der Waals surface area contributed by atoms with E-state index in [1.54, 1.807) is 0 Å². The molecule has 0 bridgehead atoms. The molecule has 1 aromatic rings. The van der Waals surface area contributed by atoms with E-state index in [0.717, 1.165) is 38.4 Å². The Kier molecular flexibility index (Phi) is 3.96. The Balaban J connectivity index is 1.84. The van der Waals surface area contributed by atoms with Crippen LogP contribution in [0.2, 0.25) is 0 Å². The molecule has 2 rings (SSSR count). The topological polar surface area (TPSA) is 40.5 Å². The van der Waals surface area contributed by atoms with Gasteiger partial charge in [-0.15, -0.1) is 0 Å². The van der Waals surface area contributed by atoms with Gasteiger partial charge in [-0.2, -0.15) is 0 Å². The van der Waals surface area contributed by atoms with E-state index >= 15 is 0 Å². The molecule has 1 aromatic heterocycles. The fraction of sp³-hybridized carbons (Fsp3) is 0.538. The van der Waals surface area contributed by atoms with Gasteiger partial charge in [0, 0.05) is 45.0 Å². The highest BCUT2D eigenvalue weighted by atomic mass is 15.3. The molecule has 17 heavy (non-hydrogen) atoms. The summed E-state index contributed by atoms with van der Waals surface area (Å²) in [6.07, 6.45) is 3.95. The molecule has 0 aliphatic carbocycles. The van der Waals surface area contributed by atoms with Gasteiger partial charge in [0.25, 0.3) is 0 Å². The second-order valence-electron chi connectivity index (χ2n) is 4.42. The molecule has 0 unspecified atom stereocenters. The molecule has 1 aliphatic heterocycles. The average Bonchev–Trinajstić information content (AvgIpc) is 2.34. The SMILES string of the molecule is Cc1cccnc1CCNC1=NCCCN1C. The number of guanidine groups is 1. The molecule has 0 atom stereocenters. The van der Waals surface area contributed by atoms with E-state index < -0.39 is 0 Å². The third kappa shape index (κ3) is 3.19. The number of nitrogens with one attached hydrogen (secondary N) is 1. The summed E-state index contributed by atoms with van der Waals surface area (Å²) < 4.78 is 0. The fourth-order valence-corrected chi connectivity index (χ4v) is 1.98. The average molecular weight is 232 g/mol. The van der Waals surface area contributed by atoms with Crippen molar-refractivity contribution in [3.05, 3.63) is 29.6 Å². The highest BCUT2D eigenvalue weighted by Gasteiger charge is 2.09. The van der Waals surface area contributed by atoms with E-state index in [1.165, 1.54) is 11.3 Å². The predicted molar refractivity (Wildman–Crippen MR) is 70.2 cm³/mol. The smallest absolute Gasteiger partial charge is 0.193 e. The summed E-state index contributed by atoms with van der Waals surface area (Å²) in [4.78, 5) is 11.0. The van der Waals surface area contributed by atoms with Crippen molar-refractivity contribution in [3.8, 4) is 0 Å². The molecule has 1 N–H and O–H groups in total. The largest absolute Gasteiger partial charge is 0.356 e. The molecule has 4 heteroatoms. The van der Waals surface area contributed by atoms with Crippen LogP contribution in [0.1, 0.15) is 17.7 Å². The van der Waals surface area contributed by atoms with Gasteiger partial charge in [-0.05, 0) is 25.0 Å². The lowest BCUT2D eigenvalue weighted by Gasteiger charge is -2.25. The van der Waals surface area contributed by atoms with Crippen molar-refractivity contribution in [1.29, 1.82) is 0 Å². The summed E-state index contributed by atoms with van der Waals surface area (Å²) in [5.41, 5.74) is 2.42. The van der Waals surface area contributed by atoms with Crippen LogP contribution in [-0.2, 0) is 6.42 Å². The molecule has 0 saturated carbocycles. The molecule has 0 fully saturated rings. The normalized spacial score (nSPS) is 15.6. The van der Waals surface area contributed by atoms with E-state index in [1.807, 2.05) is 12.3 Å². The van der Waals surface area contributed by atoms with Gasteiger partial charge in [0.15, 0.2) is 5.96 Å². The van der Waals surface area contributed by atoms with E-state index in [4.69, 9.17) is 0 Å². The summed E-state index contributed by atoms with van der Waals surface area (Å²) in [6.45, 7) is 5.03. The molecule has 92 valence electrons. The highest BCUT2D eigenvalue weighted by Crippen LogP contribution is 2.03. The number of aliphatic imine (C=N–C) groups is 1. The molecular formula is C13H20N4. The van der Waals surface area contributed by atoms with Crippen molar-refractivity contribution < 1.29 is 0 Å². The van der Waals surface area contributed by atoms with Gasteiger partial charge in [0.05, 0.1) is 0 Å². The number of rotatable bonds is 3. The maximum atomic E-state index is 4.48. The zero-order valence-electron chi connectivity index (χ0n) is 10.6. The Morgan fingerprint density at radius 3 is 3.12 bits per heavy atom. The van der Waals surface area contributed by atoms with Gasteiger partial charge in [0.2, 0.25) is 0 Å². The molecule has 4 nitrogen and oxygen atoms in total. The minimum atomic E-state index is 0.890. The Bertz CT molecular complexity index is 400. The van der Waals surface area contributed by atoms with Crippen LogP contribution >= 0.6 is 0 Å². The summed E-state index contributed by atoms with van der Waals surface area (Å²) in [6, 6.07) is 4.08. The van der Waals surface area contributed by atoms with Gasteiger partial charge >= 0.3 is 0 Å². The number of hydrogen-bond acceptors (Lipinski definition) is 4. The Hall–Kier alpha value is -1.58. The summed E-state index contributed by atoms with van der Waals surface area (Å²) in [7, 11) is 2.08. The van der Waals surface area contributed by atoms with E-state index in [2.05, 4.69) is 40.2 Å². The van der Waals surface area contributed by atoms with Crippen LogP contribution in [0.5, 0.6) is 0 Å². The lowest BCUT2D eigenvalue weighted by Crippen LogP contribution is -2.42. The first-order valence-corrected chi connectivity index (χ1v) is 6.17. The van der Waals surface area contributed by atoms with Crippen LogP contribution in [-0.4, -0.2) is 42.5 Å². The third-order valence-corrected chi connectivity index (χ3v) is 3.04. The second kappa shape index (κ2) is 5.66. The minimum Gasteiger partial charge on any atom is -0.356 e. The van der Waals surface area contributed by atoms with Crippen molar-refractivity contribution in [2.24, 2.45) is 4.99 Å². The van der Waals surface area contributed by atoms with Gasteiger partial charge in [-0.25, -0.2) is 0 Å². The van der Waals surface area contributed by atoms with E-state index in [-0.39, 0.29) is 0 Å². The number of nitrogens with zero attached hydrogens (tertiary/aromatic N) is 3. The number of aromatic nitrogens is 1. The number of hydrogen-bond donors (Lipinski definition) is 1. The van der Waals surface area contributed by atoms with Gasteiger partial charge in [-0.1, -0.05) is 6.07 Å². The predicted octanol–water partition coefficient (Wildman–Crippen LogP) is 1.21. The number of aryl methyl sites for hydroxylation is 1. The first-order valence-electron chi connectivity index (χ1n) is 6.17. The molecule has 0 saturated heterocycles. The van der Waals surface area contributed by atoms with Crippen LogP contribution in [0.4, 0.5) is 0 Å². The van der Waals surface area contributed by atoms with Gasteiger partial charge < -0.3 is 10.2 Å². The summed E-state index contributed by atoms with van der Waals surface area (Å²) >= 11 is 0. The zero-order valence-corrected chi connectivity index (χ0v) is 10.6. The second-order valence-corrected chi connectivity index (χ2v) is 4.42. The molecule has 2 heterocycles. The molecule has 1 aliphatic rings. The quantitative estimate of drug-likeness (QED) is 0.851. The molecule has 0 amide bonds. The van der Waals surface area contributed by atoms with Crippen LogP contribution in [0.25, 0.3) is 0 Å². The molecule has 0 spiro atoms. The van der Waals surface area contributed by atoms with Crippen LogP contribution in [0.15, 0.2) is 23.3 Å². The zero-order chi connectivity index (χ0) is 12.1. The Morgan fingerprint density at radius 1 is 1.47 bits per heavy atom. The molecule has 0 aromatic carbocycles. The standard InChI is InChI=1S/C13H20N4/c1-11-5-3-7-14-12(11)6-9-16-13-15-8-4-10-17(13)2/h3,5,7H,4,6,8-10H2,1-2H3,(H,15,16). The summed E-state index contributed by atoms with van der Waals surface area (Å²) in [5.74, 6) is 1.02. The fourth-order valence-electron chi connectivity index (χ4n) is 1.98. The van der Waals surface area contributed by atoms with Crippen molar-refractivity contribution in [3.63, 3.8) is 0 Å². The molecular weight excluding hydrogens is 212 g/mol. The van der Waals surface area contributed by atoms with Crippen LogP contribution in [0, 0.1) is 6.92 Å². The van der Waals surface area contributed by atoms with E-state index in [9.17, 15) is 0 Å². The first-order chi connectivity index (χ1) is 8.27.